The molecule has 0 aliphatic carbocycles. The molecule has 0 saturated carbocycles. The van der Waals surface area contributed by atoms with E-state index in [1.165, 1.54) is 17.1 Å². The summed E-state index contributed by atoms with van der Waals surface area (Å²) in [6, 6.07) is -0.618. The van der Waals surface area contributed by atoms with Crippen molar-refractivity contribution in [3.8, 4) is 0 Å². The van der Waals surface area contributed by atoms with Gasteiger partial charge in [0, 0.05) is 6.20 Å². The van der Waals surface area contributed by atoms with Crippen molar-refractivity contribution in [3.05, 3.63) is 12.4 Å². The highest BCUT2D eigenvalue weighted by molar-refractivity contribution is 5.94. The maximum Gasteiger partial charge on any atom is 0.325 e. The van der Waals surface area contributed by atoms with Crippen LogP contribution in [0.4, 0.5) is 5.69 Å². The number of nitrogens with one attached hydrogen (secondary N) is 1. The number of amides is 1. The molecule has 1 aromatic rings. The van der Waals surface area contributed by atoms with E-state index in [-0.39, 0.29) is 12.5 Å². The molecular weight excluding hydrogens is 200 g/mol. The first kappa shape index (κ1) is 11.2. The minimum atomic E-state index is -0.997. The lowest BCUT2D eigenvalue weighted by atomic mass is 10.3. The lowest BCUT2D eigenvalue weighted by Gasteiger charge is -2.04. The van der Waals surface area contributed by atoms with Crippen LogP contribution in [0, 0.1) is 0 Å². The SMILES string of the molecule is C[C@H](N)C(=O)Nc1cnn(CC(=O)O)c1. The summed E-state index contributed by atoms with van der Waals surface area (Å²) in [6.45, 7) is 1.31. The molecule has 1 heterocycles. The van der Waals surface area contributed by atoms with Gasteiger partial charge in [-0.1, -0.05) is 0 Å². The third-order valence-corrected chi connectivity index (χ3v) is 1.61. The first-order valence-corrected chi connectivity index (χ1v) is 4.29. The number of carbonyl (C=O) groups is 2. The molecule has 0 unspecified atom stereocenters. The Kier molecular flexibility index (Phi) is 3.40. The van der Waals surface area contributed by atoms with Crippen LogP contribution in [0.2, 0.25) is 0 Å². The van der Waals surface area contributed by atoms with Gasteiger partial charge in [0.1, 0.15) is 6.54 Å². The maximum absolute atomic E-state index is 11.2. The van der Waals surface area contributed by atoms with Crippen molar-refractivity contribution in [2.24, 2.45) is 5.73 Å². The molecule has 82 valence electrons. The molecule has 0 radical (unpaired) electrons. The third-order valence-electron chi connectivity index (χ3n) is 1.61. The summed E-state index contributed by atoms with van der Waals surface area (Å²) in [7, 11) is 0. The number of carboxylic acids is 1. The number of anilines is 1. The normalized spacial score (nSPS) is 12.1. The standard InChI is InChI=1S/C8H12N4O3/c1-5(9)8(15)11-6-2-10-12(3-6)4-7(13)14/h2-3,5H,4,9H2,1H3,(H,11,15)(H,13,14)/t5-/m0/s1. The van der Waals surface area contributed by atoms with Gasteiger partial charge in [-0.2, -0.15) is 5.10 Å². The molecule has 0 bridgehead atoms. The molecule has 0 aliphatic rings. The third kappa shape index (κ3) is 3.39. The summed E-state index contributed by atoms with van der Waals surface area (Å²) in [5.41, 5.74) is 5.77. The number of nitrogens with two attached hydrogens (primary N) is 1. The average Bonchev–Trinajstić information content (AvgIpc) is 2.51. The van der Waals surface area contributed by atoms with Crippen LogP contribution in [-0.4, -0.2) is 32.8 Å². The van der Waals surface area contributed by atoms with Crippen LogP contribution in [0.5, 0.6) is 0 Å². The summed E-state index contributed by atoms with van der Waals surface area (Å²) in [4.78, 5) is 21.5. The van der Waals surface area contributed by atoms with Gasteiger partial charge in [-0.15, -0.1) is 0 Å². The topological polar surface area (TPSA) is 110 Å². The van der Waals surface area contributed by atoms with Gasteiger partial charge in [0.2, 0.25) is 5.91 Å². The minimum absolute atomic E-state index is 0.242. The monoisotopic (exact) mass is 212 g/mol. The molecule has 15 heavy (non-hydrogen) atoms. The first-order valence-electron chi connectivity index (χ1n) is 4.29. The van der Waals surface area contributed by atoms with Gasteiger partial charge < -0.3 is 16.2 Å². The minimum Gasteiger partial charge on any atom is -0.480 e. The molecule has 0 aliphatic heterocycles. The fourth-order valence-corrected chi connectivity index (χ4v) is 0.909. The van der Waals surface area contributed by atoms with E-state index >= 15 is 0 Å². The smallest absolute Gasteiger partial charge is 0.325 e. The van der Waals surface area contributed by atoms with E-state index in [1.807, 2.05) is 0 Å². The van der Waals surface area contributed by atoms with Crippen LogP contribution in [0.1, 0.15) is 6.92 Å². The Morgan fingerprint density at radius 1 is 1.73 bits per heavy atom. The summed E-state index contributed by atoms with van der Waals surface area (Å²) in [5, 5.41) is 14.7. The van der Waals surface area contributed by atoms with E-state index in [2.05, 4.69) is 10.4 Å². The predicted octanol–water partition coefficient (Wildman–Crippen LogP) is -0.747. The van der Waals surface area contributed by atoms with E-state index < -0.39 is 12.0 Å². The number of hydrogen-bond donors (Lipinski definition) is 3. The number of carbonyl (C=O) groups excluding carboxylic acids is 1. The van der Waals surface area contributed by atoms with Gasteiger partial charge in [0.15, 0.2) is 0 Å². The Balaban J connectivity index is 2.60. The van der Waals surface area contributed by atoms with Gasteiger partial charge in [-0.05, 0) is 6.92 Å². The second-order valence-corrected chi connectivity index (χ2v) is 3.10. The van der Waals surface area contributed by atoms with Crippen molar-refractivity contribution < 1.29 is 14.7 Å². The number of rotatable bonds is 4. The highest BCUT2D eigenvalue weighted by Crippen LogP contribution is 2.04. The van der Waals surface area contributed by atoms with Gasteiger partial charge in [-0.3, -0.25) is 14.3 Å². The summed E-state index contributed by atoms with van der Waals surface area (Å²) < 4.78 is 1.21. The Labute approximate surface area is 85.9 Å². The molecule has 1 amide bonds. The van der Waals surface area contributed by atoms with E-state index in [1.54, 1.807) is 6.92 Å². The molecule has 0 spiro atoms. The number of aliphatic carboxylic acids is 1. The largest absolute Gasteiger partial charge is 0.480 e. The number of carboxylic acid groups (broad SMARTS) is 1. The van der Waals surface area contributed by atoms with E-state index in [4.69, 9.17) is 10.8 Å². The van der Waals surface area contributed by atoms with Gasteiger partial charge in [0.25, 0.3) is 0 Å². The summed E-state index contributed by atoms with van der Waals surface area (Å²) in [6.07, 6.45) is 2.79. The molecule has 1 rings (SSSR count). The molecule has 7 nitrogen and oxygen atoms in total. The second-order valence-electron chi connectivity index (χ2n) is 3.10. The van der Waals surface area contributed by atoms with Crippen LogP contribution in [-0.2, 0) is 16.1 Å². The molecule has 0 aromatic carbocycles. The number of nitrogens with zero attached hydrogens (tertiary/aromatic N) is 2. The molecule has 1 aromatic heterocycles. The highest BCUT2D eigenvalue weighted by atomic mass is 16.4. The zero-order chi connectivity index (χ0) is 11.4. The lowest BCUT2D eigenvalue weighted by molar-refractivity contribution is -0.137. The Bertz CT molecular complexity index is 372. The lowest BCUT2D eigenvalue weighted by Crippen LogP contribution is -2.32. The molecule has 0 fully saturated rings. The van der Waals surface area contributed by atoms with E-state index in [0.717, 1.165) is 0 Å². The van der Waals surface area contributed by atoms with E-state index in [0.29, 0.717) is 5.69 Å². The molecule has 4 N–H and O–H groups in total. The van der Waals surface area contributed by atoms with E-state index in [9.17, 15) is 9.59 Å². The van der Waals surface area contributed by atoms with Crippen LogP contribution in [0.25, 0.3) is 0 Å². The Morgan fingerprint density at radius 3 is 2.93 bits per heavy atom. The Morgan fingerprint density at radius 2 is 2.40 bits per heavy atom. The molecular formula is C8H12N4O3. The zero-order valence-electron chi connectivity index (χ0n) is 8.17. The first-order chi connectivity index (χ1) is 6.99. The van der Waals surface area contributed by atoms with Crippen molar-refractivity contribution >= 4 is 17.6 Å². The Hall–Kier alpha value is -1.89. The maximum atomic E-state index is 11.2. The highest BCUT2D eigenvalue weighted by Gasteiger charge is 2.09. The molecule has 1 atom stereocenters. The van der Waals surface area contributed by atoms with Crippen molar-refractivity contribution in [1.82, 2.24) is 9.78 Å². The van der Waals surface area contributed by atoms with Crippen molar-refractivity contribution in [1.29, 1.82) is 0 Å². The van der Waals surface area contributed by atoms with Gasteiger partial charge in [-0.25, -0.2) is 0 Å². The number of aromatic nitrogens is 2. The van der Waals surface area contributed by atoms with Crippen LogP contribution in [0.15, 0.2) is 12.4 Å². The quantitative estimate of drug-likeness (QED) is 0.608. The fourth-order valence-electron chi connectivity index (χ4n) is 0.909. The van der Waals surface area contributed by atoms with Gasteiger partial charge >= 0.3 is 5.97 Å². The summed E-state index contributed by atoms with van der Waals surface area (Å²) >= 11 is 0. The van der Waals surface area contributed by atoms with Crippen molar-refractivity contribution in [2.75, 3.05) is 5.32 Å². The second kappa shape index (κ2) is 4.56. The van der Waals surface area contributed by atoms with Crippen LogP contribution in [0.3, 0.4) is 0 Å². The molecule has 0 saturated heterocycles. The summed E-state index contributed by atoms with van der Waals surface area (Å²) in [5.74, 6) is -1.34. The zero-order valence-corrected chi connectivity index (χ0v) is 8.17. The number of hydrogen-bond acceptors (Lipinski definition) is 4. The predicted molar refractivity (Wildman–Crippen MR) is 52.1 cm³/mol. The van der Waals surface area contributed by atoms with Crippen LogP contribution >= 0.6 is 0 Å². The molecule has 7 heteroatoms. The van der Waals surface area contributed by atoms with Crippen molar-refractivity contribution in [2.45, 2.75) is 19.5 Å². The fraction of sp³-hybridized carbons (Fsp3) is 0.375. The van der Waals surface area contributed by atoms with Crippen LogP contribution < -0.4 is 11.1 Å². The van der Waals surface area contributed by atoms with Crippen molar-refractivity contribution in [3.63, 3.8) is 0 Å². The average molecular weight is 212 g/mol. The van der Waals surface area contributed by atoms with Gasteiger partial charge in [0.05, 0.1) is 17.9 Å².